The molecular formula is C16H20FN3O2. The van der Waals surface area contributed by atoms with Crippen LogP contribution in [-0.2, 0) is 4.74 Å². The fourth-order valence-electron chi connectivity index (χ4n) is 1.85. The number of benzene rings is 1. The normalized spacial score (nSPS) is 13.0. The molecule has 0 heterocycles. The summed E-state index contributed by atoms with van der Waals surface area (Å²) in [4.78, 5) is 15.3. The fourth-order valence-corrected chi connectivity index (χ4v) is 1.85. The molecule has 22 heavy (non-hydrogen) atoms. The number of ether oxygens (including phenoxy) is 1. The van der Waals surface area contributed by atoms with E-state index in [0.29, 0.717) is 11.4 Å². The Bertz CT molecular complexity index is 631. The van der Waals surface area contributed by atoms with E-state index >= 15 is 0 Å². The number of hydrogen-bond donors (Lipinski definition) is 2. The molecule has 1 aromatic rings. The molecule has 0 aliphatic rings. The van der Waals surface area contributed by atoms with Gasteiger partial charge in [-0.3, -0.25) is 10.4 Å². The van der Waals surface area contributed by atoms with E-state index in [1.54, 1.807) is 45.9 Å². The van der Waals surface area contributed by atoms with Crippen LogP contribution in [0.2, 0.25) is 0 Å². The summed E-state index contributed by atoms with van der Waals surface area (Å²) in [7, 11) is 0. The Morgan fingerprint density at radius 2 is 1.91 bits per heavy atom. The van der Waals surface area contributed by atoms with Gasteiger partial charge in [0.25, 0.3) is 0 Å². The lowest BCUT2D eigenvalue weighted by Gasteiger charge is -2.25. The number of nitrogens with two attached hydrogens (primary N) is 1. The van der Waals surface area contributed by atoms with Gasteiger partial charge in [0.1, 0.15) is 5.82 Å². The quantitative estimate of drug-likeness (QED) is 0.657. The molecule has 1 rings (SSSR count). The summed E-state index contributed by atoms with van der Waals surface area (Å²) in [5.74, 6) is -0.608. The van der Waals surface area contributed by atoms with Crippen molar-refractivity contribution in [1.29, 1.82) is 5.41 Å². The fraction of sp³-hybridized carbons (Fsp3) is 0.312. The van der Waals surface area contributed by atoms with E-state index in [2.05, 4.69) is 9.73 Å². The molecule has 3 N–H and O–H groups in total. The minimum atomic E-state index is -1.03. The molecule has 6 heteroatoms. The van der Waals surface area contributed by atoms with Crippen molar-refractivity contribution in [1.82, 2.24) is 0 Å². The summed E-state index contributed by atoms with van der Waals surface area (Å²) >= 11 is 0. The second kappa shape index (κ2) is 6.98. The average Bonchev–Trinajstić information content (AvgIpc) is 2.44. The van der Waals surface area contributed by atoms with Gasteiger partial charge in [-0.2, -0.15) is 0 Å². The lowest BCUT2D eigenvalue weighted by atomic mass is 9.88. The molecule has 0 bridgehead atoms. The summed E-state index contributed by atoms with van der Waals surface area (Å²) < 4.78 is 17.6. The van der Waals surface area contributed by atoms with Crippen LogP contribution in [0.4, 0.5) is 9.18 Å². The first-order valence-electron chi connectivity index (χ1n) is 6.72. The first kappa shape index (κ1) is 17.6. The van der Waals surface area contributed by atoms with Crippen molar-refractivity contribution in [3.63, 3.8) is 0 Å². The largest absolute Gasteiger partial charge is 0.411 e. The Hall–Kier alpha value is -2.50. The van der Waals surface area contributed by atoms with Gasteiger partial charge in [-0.1, -0.05) is 18.2 Å². The number of amides is 1. The molecule has 0 aliphatic heterocycles. The van der Waals surface area contributed by atoms with Gasteiger partial charge in [0, 0.05) is 5.71 Å². The van der Waals surface area contributed by atoms with Crippen LogP contribution >= 0.6 is 0 Å². The standard InChI is InChI=1S/C16H20FN3O2/c1-5-13(16(3,4)14(18)22-15(19)21)20-10(2)11-6-8-12(17)9-7-11/h5-9,18H,1-4H3,(H2,19,21)/b13-5-,18-14?,20-10+. The number of primary amides is 1. The van der Waals surface area contributed by atoms with Crippen molar-refractivity contribution in [3.05, 3.63) is 47.4 Å². The van der Waals surface area contributed by atoms with Crippen molar-refractivity contribution in [2.75, 3.05) is 0 Å². The lowest BCUT2D eigenvalue weighted by Crippen LogP contribution is -2.32. The van der Waals surface area contributed by atoms with Crippen molar-refractivity contribution in [2.45, 2.75) is 27.7 Å². The second-order valence-corrected chi connectivity index (χ2v) is 5.25. The van der Waals surface area contributed by atoms with E-state index in [4.69, 9.17) is 11.1 Å². The number of hydrogen-bond acceptors (Lipinski definition) is 4. The van der Waals surface area contributed by atoms with Crippen LogP contribution in [0.1, 0.15) is 33.3 Å². The number of nitrogens with zero attached hydrogens (tertiary/aromatic N) is 1. The Labute approximate surface area is 129 Å². The Morgan fingerprint density at radius 1 is 1.36 bits per heavy atom. The van der Waals surface area contributed by atoms with E-state index in [9.17, 15) is 9.18 Å². The predicted molar refractivity (Wildman–Crippen MR) is 84.5 cm³/mol. The topological polar surface area (TPSA) is 88.5 Å². The molecule has 0 spiro atoms. The second-order valence-electron chi connectivity index (χ2n) is 5.25. The zero-order valence-electron chi connectivity index (χ0n) is 13.1. The summed E-state index contributed by atoms with van der Waals surface area (Å²) in [6.45, 7) is 6.96. The smallest absolute Gasteiger partial charge is 0.395 e. The van der Waals surface area contributed by atoms with Gasteiger partial charge < -0.3 is 10.5 Å². The van der Waals surface area contributed by atoms with E-state index < -0.39 is 11.5 Å². The number of allylic oxidation sites excluding steroid dienone is 1. The molecule has 0 saturated heterocycles. The monoisotopic (exact) mass is 305 g/mol. The highest BCUT2D eigenvalue weighted by Gasteiger charge is 2.31. The SMILES string of the molecule is C/C=C(\N=C(/C)c1ccc(F)cc1)C(C)(C)C(=N)OC(N)=O. The first-order valence-corrected chi connectivity index (χ1v) is 6.72. The molecule has 118 valence electrons. The average molecular weight is 305 g/mol. The van der Waals surface area contributed by atoms with Crippen LogP contribution < -0.4 is 5.73 Å². The minimum Gasteiger partial charge on any atom is -0.395 e. The molecule has 0 saturated carbocycles. The molecule has 0 aliphatic carbocycles. The van der Waals surface area contributed by atoms with E-state index in [1.165, 1.54) is 12.1 Å². The van der Waals surface area contributed by atoms with Crippen LogP contribution in [0, 0.1) is 16.6 Å². The van der Waals surface area contributed by atoms with E-state index in [1.807, 2.05) is 0 Å². The summed E-state index contributed by atoms with van der Waals surface area (Å²) in [6.07, 6.45) is 0.694. The molecule has 5 nitrogen and oxygen atoms in total. The van der Waals surface area contributed by atoms with Crippen LogP contribution in [0.15, 0.2) is 41.0 Å². The zero-order valence-corrected chi connectivity index (χ0v) is 13.1. The van der Waals surface area contributed by atoms with Gasteiger partial charge in [0.05, 0.1) is 11.1 Å². The number of nitrogens with one attached hydrogen (secondary N) is 1. The van der Waals surface area contributed by atoms with Gasteiger partial charge >= 0.3 is 6.09 Å². The highest BCUT2D eigenvalue weighted by Crippen LogP contribution is 2.30. The Kier molecular flexibility index (Phi) is 5.56. The molecule has 0 radical (unpaired) electrons. The zero-order chi connectivity index (χ0) is 16.9. The maximum atomic E-state index is 13.0. The number of halogens is 1. The van der Waals surface area contributed by atoms with Crippen molar-refractivity contribution in [2.24, 2.45) is 16.1 Å². The summed E-state index contributed by atoms with van der Waals surface area (Å²) in [5, 5.41) is 7.85. The van der Waals surface area contributed by atoms with Gasteiger partial charge in [-0.25, -0.2) is 9.18 Å². The van der Waals surface area contributed by atoms with E-state index in [0.717, 1.165) is 5.56 Å². The minimum absolute atomic E-state index is 0.288. The lowest BCUT2D eigenvalue weighted by molar-refractivity contribution is 0.201. The van der Waals surface area contributed by atoms with E-state index in [-0.39, 0.29) is 11.7 Å². The molecule has 0 fully saturated rings. The molecule has 0 atom stereocenters. The first-order chi connectivity index (χ1) is 10.2. The van der Waals surface area contributed by atoms with Crippen molar-refractivity contribution < 1.29 is 13.9 Å². The highest BCUT2D eigenvalue weighted by atomic mass is 19.1. The molecular weight excluding hydrogens is 285 g/mol. The van der Waals surface area contributed by atoms with Crippen molar-refractivity contribution >= 4 is 17.7 Å². The summed E-state index contributed by atoms with van der Waals surface area (Å²) in [6, 6.07) is 5.96. The van der Waals surface area contributed by atoms with Crippen LogP contribution in [0.25, 0.3) is 0 Å². The molecule has 1 amide bonds. The van der Waals surface area contributed by atoms with Crippen LogP contribution in [-0.4, -0.2) is 17.7 Å². The number of carbonyl (C=O) groups is 1. The third-order valence-corrected chi connectivity index (χ3v) is 3.23. The Morgan fingerprint density at radius 3 is 2.36 bits per heavy atom. The van der Waals surface area contributed by atoms with Gasteiger partial charge in [0.15, 0.2) is 0 Å². The highest BCUT2D eigenvalue weighted by molar-refractivity contribution is 6.00. The molecule has 0 aromatic heterocycles. The predicted octanol–water partition coefficient (Wildman–Crippen LogP) is 3.64. The molecule has 1 aromatic carbocycles. The maximum Gasteiger partial charge on any atom is 0.411 e. The number of aliphatic imine (C=N–C) groups is 1. The van der Waals surface area contributed by atoms with Gasteiger partial charge in [-0.05, 0) is 45.4 Å². The van der Waals surface area contributed by atoms with Gasteiger partial charge in [-0.15, -0.1) is 0 Å². The third-order valence-electron chi connectivity index (χ3n) is 3.23. The van der Waals surface area contributed by atoms with Crippen LogP contribution in [0.5, 0.6) is 0 Å². The third kappa shape index (κ3) is 4.25. The Balaban J connectivity index is 3.10. The van der Waals surface area contributed by atoms with Crippen LogP contribution in [0.3, 0.4) is 0 Å². The summed E-state index contributed by atoms with van der Waals surface area (Å²) in [5.41, 5.74) is 5.99. The number of rotatable bonds is 4. The van der Waals surface area contributed by atoms with Gasteiger partial charge in [0.2, 0.25) is 5.90 Å². The van der Waals surface area contributed by atoms with Crippen molar-refractivity contribution in [3.8, 4) is 0 Å². The number of carbonyl (C=O) groups excluding carboxylic acids is 1. The maximum absolute atomic E-state index is 13.0. The molecule has 0 unspecified atom stereocenters.